The van der Waals surface area contributed by atoms with E-state index in [1.165, 1.54) is 0 Å². The first-order chi connectivity index (χ1) is 15.3. The predicted octanol–water partition coefficient (Wildman–Crippen LogP) is 5.67. The Kier molecular flexibility index (Phi) is 5.99. The van der Waals surface area contributed by atoms with Crippen LogP contribution in [0.25, 0.3) is 11.1 Å². The molecule has 0 aromatic heterocycles. The van der Waals surface area contributed by atoms with Gasteiger partial charge in [0.15, 0.2) is 0 Å². The van der Waals surface area contributed by atoms with Crippen molar-refractivity contribution in [1.29, 1.82) is 0 Å². The minimum absolute atomic E-state index is 0.0468. The molecule has 2 N–H and O–H groups in total. The van der Waals surface area contributed by atoms with Crippen LogP contribution >= 0.6 is 0 Å². The van der Waals surface area contributed by atoms with Gasteiger partial charge in [0.05, 0.1) is 12.5 Å². The number of benzene rings is 3. The van der Waals surface area contributed by atoms with Gasteiger partial charge in [-0.15, -0.1) is 0 Å². The van der Waals surface area contributed by atoms with Crippen molar-refractivity contribution in [3.8, 4) is 11.1 Å². The summed E-state index contributed by atoms with van der Waals surface area (Å²) in [6.07, 6.45) is -0.830. The molecule has 4 rings (SSSR count). The highest BCUT2D eigenvalue weighted by molar-refractivity contribution is 5.79. The maximum Gasteiger partial charge on any atom is 0.407 e. The zero-order valence-electron chi connectivity index (χ0n) is 18.5. The fraction of sp³-hybridized carbons (Fsp3) is 0.259. The number of hydrogen-bond acceptors (Lipinski definition) is 3. The minimum atomic E-state index is -0.980. The van der Waals surface area contributed by atoms with Crippen molar-refractivity contribution in [2.45, 2.75) is 39.2 Å². The molecule has 0 heterocycles. The van der Waals surface area contributed by atoms with E-state index >= 15 is 0 Å². The van der Waals surface area contributed by atoms with E-state index < -0.39 is 18.1 Å². The molecule has 0 radical (unpaired) electrons. The molecular weight excluding hydrogens is 402 g/mol. The number of hydrogen-bond donors (Lipinski definition) is 2. The maximum absolute atomic E-state index is 12.7. The zero-order valence-corrected chi connectivity index (χ0v) is 18.5. The van der Waals surface area contributed by atoms with Crippen LogP contribution in [0.3, 0.4) is 0 Å². The van der Waals surface area contributed by atoms with Gasteiger partial charge in [0.25, 0.3) is 0 Å². The Balaban J connectivity index is 1.51. The number of carboxylic acids is 1. The third-order valence-electron chi connectivity index (χ3n) is 6.27. The number of carboxylic acid groups (broad SMARTS) is 1. The summed E-state index contributed by atoms with van der Waals surface area (Å²) in [4.78, 5) is 24.2. The van der Waals surface area contributed by atoms with Crippen molar-refractivity contribution in [2.75, 3.05) is 6.61 Å². The summed E-state index contributed by atoms with van der Waals surface area (Å²) < 4.78 is 5.62. The van der Waals surface area contributed by atoms with Crippen LogP contribution in [0.15, 0.2) is 60.7 Å². The summed E-state index contributed by atoms with van der Waals surface area (Å²) in [5.74, 6) is -1.03. The van der Waals surface area contributed by atoms with E-state index in [4.69, 9.17) is 4.74 Å². The van der Waals surface area contributed by atoms with Crippen LogP contribution < -0.4 is 5.32 Å². The van der Waals surface area contributed by atoms with Crippen molar-refractivity contribution >= 4 is 12.1 Å². The molecular formula is C27H27NO4. The van der Waals surface area contributed by atoms with Crippen LogP contribution in [0.4, 0.5) is 4.79 Å². The Morgan fingerprint density at radius 2 is 1.47 bits per heavy atom. The number of alkyl carbamates (subject to hydrolysis) is 1. The van der Waals surface area contributed by atoms with Crippen LogP contribution in [0, 0.1) is 20.8 Å². The molecule has 0 fully saturated rings. The molecule has 1 atom stereocenters. The average Bonchev–Trinajstić information content (AvgIpc) is 3.08. The number of ether oxygens (including phenoxy) is 1. The van der Waals surface area contributed by atoms with Gasteiger partial charge in [-0.3, -0.25) is 4.79 Å². The topological polar surface area (TPSA) is 75.6 Å². The number of nitrogens with one attached hydrogen (secondary N) is 1. The molecule has 0 saturated heterocycles. The number of rotatable bonds is 6. The molecule has 32 heavy (non-hydrogen) atoms. The van der Waals surface area contributed by atoms with Gasteiger partial charge < -0.3 is 15.2 Å². The molecule has 0 saturated carbocycles. The molecule has 3 aromatic rings. The summed E-state index contributed by atoms with van der Waals surface area (Å²) in [5.41, 5.74) is 8.50. The second kappa shape index (κ2) is 8.87. The Morgan fingerprint density at radius 1 is 0.906 bits per heavy atom. The summed E-state index contributed by atoms with van der Waals surface area (Å²) in [7, 11) is 0. The fourth-order valence-corrected chi connectivity index (χ4v) is 4.55. The van der Waals surface area contributed by atoms with Gasteiger partial charge in [-0.05, 0) is 65.3 Å². The highest BCUT2D eigenvalue weighted by Gasteiger charge is 2.29. The van der Waals surface area contributed by atoms with Crippen LogP contribution in [-0.2, 0) is 9.53 Å². The lowest BCUT2D eigenvalue weighted by Gasteiger charge is -2.21. The maximum atomic E-state index is 12.7. The number of aryl methyl sites for hydroxylation is 3. The molecule has 0 unspecified atom stereocenters. The van der Waals surface area contributed by atoms with Gasteiger partial charge in [-0.25, -0.2) is 4.79 Å². The third kappa shape index (κ3) is 4.24. The van der Waals surface area contributed by atoms with Crippen molar-refractivity contribution < 1.29 is 19.4 Å². The highest BCUT2D eigenvalue weighted by atomic mass is 16.5. The van der Waals surface area contributed by atoms with Crippen molar-refractivity contribution in [3.05, 3.63) is 94.0 Å². The van der Waals surface area contributed by atoms with Crippen LogP contribution in [0.2, 0.25) is 0 Å². The number of carbonyl (C=O) groups excluding carboxylic acids is 1. The van der Waals surface area contributed by atoms with E-state index in [1.54, 1.807) is 0 Å². The van der Waals surface area contributed by atoms with E-state index in [9.17, 15) is 14.7 Å². The lowest BCUT2D eigenvalue weighted by molar-refractivity contribution is -0.137. The van der Waals surface area contributed by atoms with Crippen LogP contribution in [0.1, 0.15) is 51.8 Å². The minimum Gasteiger partial charge on any atom is -0.481 e. The second-order valence-corrected chi connectivity index (χ2v) is 8.41. The van der Waals surface area contributed by atoms with Crippen molar-refractivity contribution in [1.82, 2.24) is 5.32 Å². The SMILES string of the molecule is Cc1cc(C)c([C@@H](CC(=O)O)NC(=O)OCC2c3ccccc3-c3ccccc32)cc1C. The molecule has 0 aliphatic heterocycles. The lowest BCUT2D eigenvalue weighted by Crippen LogP contribution is -2.32. The Bertz CT molecular complexity index is 1140. The lowest BCUT2D eigenvalue weighted by atomic mass is 9.94. The smallest absolute Gasteiger partial charge is 0.407 e. The van der Waals surface area contributed by atoms with E-state index in [0.717, 1.165) is 44.5 Å². The van der Waals surface area contributed by atoms with E-state index in [1.807, 2.05) is 57.2 Å². The summed E-state index contributed by atoms with van der Waals surface area (Å²) in [6, 6.07) is 19.6. The van der Waals surface area contributed by atoms with Crippen molar-refractivity contribution in [3.63, 3.8) is 0 Å². The molecule has 3 aromatic carbocycles. The Morgan fingerprint density at radius 3 is 2.06 bits per heavy atom. The van der Waals surface area contributed by atoms with Gasteiger partial charge in [0, 0.05) is 5.92 Å². The summed E-state index contributed by atoms with van der Waals surface area (Å²) in [5, 5.41) is 12.2. The first-order valence-electron chi connectivity index (χ1n) is 10.8. The monoisotopic (exact) mass is 429 g/mol. The van der Waals surface area contributed by atoms with Gasteiger partial charge in [-0.2, -0.15) is 0 Å². The average molecular weight is 430 g/mol. The van der Waals surface area contributed by atoms with Crippen molar-refractivity contribution in [2.24, 2.45) is 0 Å². The van der Waals surface area contributed by atoms with Gasteiger partial charge in [-0.1, -0.05) is 60.7 Å². The number of carbonyl (C=O) groups is 2. The van der Waals surface area contributed by atoms with E-state index in [-0.39, 0.29) is 18.9 Å². The second-order valence-electron chi connectivity index (χ2n) is 8.41. The van der Waals surface area contributed by atoms with E-state index in [0.29, 0.717) is 0 Å². The standard InChI is InChI=1S/C27H27NO4/c1-16-12-18(3)23(13-17(16)2)25(14-26(29)30)28-27(31)32-15-24-21-10-6-4-8-19(21)20-9-5-7-11-22(20)24/h4-13,24-25H,14-15H2,1-3H3,(H,28,31)(H,29,30)/t25-/m1/s1. The summed E-state index contributed by atoms with van der Waals surface area (Å²) >= 11 is 0. The highest BCUT2D eigenvalue weighted by Crippen LogP contribution is 2.44. The first-order valence-corrected chi connectivity index (χ1v) is 10.8. The van der Waals surface area contributed by atoms with Gasteiger partial charge in [0.2, 0.25) is 0 Å². The molecule has 1 aliphatic rings. The Hall–Kier alpha value is -3.60. The normalized spacial score (nSPS) is 13.2. The molecule has 1 amide bonds. The zero-order chi connectivity index (χ0) is 22.8. The molecule has 5 nitrogen and oxygen atoms in total. The first kappa shape index (κ1) is 21.6. The number of amides is 1. The Labute approximate surface area is 188 Å². The summed E-state index contributed by atoms with van der Waals surface area (Å²) in [6.45, 7) is 6.10. The molecule has 5 heteroatoms. The van der Waals surface area contributed by atoms with Crippen LogP contribution in [0.5, 0.6) is 0 Å². The molecule has 0 spiro atoms. The van der Waals surface area contributed by atoms with E-state index in [2.05, 4.69) is 29.6 Å². The number of fused-ring (bicyclic) bond motifs is 3. The fourth-order valence-electron chi connectivity index (χ4n) is 4.55. The quantitative estimate of drug-likeness (QED) is 0.530. The molecule has 0 bridgehead atoms. The van der Waals surface area contributed by atoms with Gasteiger partial charge in [0.1, 0.15) is 6.61 Å². The predicted molar refractivity (Wildman–Crippen MR) is 124 cm³/mol. The largest absolute Gasteiger partial charge is 0.481 e. The number of aliphatic carboxylic acids is 1. The molecule has 1 aliphatic carbocycles. The third-order valence-corrected chi connectivity index (χ3v) is 6.27. The molecule has 164 valence electrons. The van der Waals surface area contributed by atoms with Crippen LogP contribution in [-0.4, -0.2) is 23.8 Å². The van der Waals surface area contributed by atoms with Gasteiger partial charge >= 0.3 is 12.1 Å².